The number of benzene rings is 1. The quantitative estimate of drug-likeness (QED) is 0.533. The van der Waals surface area contributed by atoms with E-state index < -0.39 is 0 Å². The first-order valence-electron chi connectivity index (χ1n) is 8.41. The minimum Gasteiger partial charge on any atom is -0.366 e. The van der Waals surface area contributed by atoms with Crippen LogP contribution in [0.5, 0.6) is 0 Å². The molecule has 0 aliphatic heterocycles. The molecule has 0 unspecified atom stereocenters. The van der Waals surface area contributed by atoms with Gasteiger partial charge in [0.15, 0.2) is 0 Å². The molecule has 0 bridgehead atoms. The van der Waals surface area contributed by atoms with Crippen LogP contribution in [0.15, 0.2) is 72.4 Å². The van der Waals surface area contributed by atoms with Crippen molar-refractivity contribution >= 4 is 17.2 Å². The summed E-state index contributed by atoms with van der Waals surface area (Å²) in [4.78, 5) is 14.7. The van der Waals surface area contributed by atoms with Crippen molar-refractivity contribution in [3.8, 4) is 21.7 Å². The summed E-state index contributed by atoms with van der Waals surface area (Å²) in [5, 5.41) is 5.46. The fraction of sp³-hybridized carbons (Fsp3) is 0.0952. The molecule has 1 aromatic carbocycles. The third-order valence-corrected chi connectivity index (χ3v) is 4.91. The maximum Gasteiger partial charge on any atom is 0.130 e. The van der Waals surface area contributed by atoms with Gasteiger partial charge in [-0.3, -0.25) is 4.98 Å². The summed E-state index contributed by atoms with van der Waals surface area (Å²) in [6.45, 7) is 2.64. The monoisotopic (exact) mass is 358 g/mol. The molecular weight excluding hydrogens is 340 g/mol. The molecule has 4 nitrogen and oxygen atoms in total. The first-order chi connectivity index (χ1) is 12.8. The molecule has 0 atom stereocenters. The third-order valence-electron chi connectivity index (χ3n) is 3.99. The second-order valence-electron chi connectivity index (χ2n) is 5.96. The average molecular weight is 358 g/mol. The topological polar surface area (TPSA) is 50.7 Å². The van der Waals surface area contributed by atoms with Crippen LogP contribution < -0.4 is 5.32 Å². The van der Waals surface area contributed by atoms with Gasteiger partial charge in [-0.2, -0.15) is 0 Å². The van der Waals surface area contributed by atoms with Gasteiger partial charge >= 0.3 is 0 Å². The zero-order valence-corrected chi connectivity index (χ0v) is 15.2. The predicted octanol–water partition coefficient (Wildman–Crippen LogP) is 5.19. The van der Waals surface area contributed by atoms with Crippen molar-refractivity contribution in [3.05, 3.63) is 83.8 Å². The maximum atomic E-state index is 4.59. The normalized spacial score (nSPS) is 10.7. The predicted molar refractivity (Wildman–Crippen MR) is 107 cm³/mol. The van der Waals surface area contributed by atoms with E-state index in [1.807, 2.05) is 49.6 Å². The van der Waals surface area contributed by atoms with Crippen LogP contribution in [0.1, 0.15) is 11.4 Å². The number of hydrogen-bond donors (Lipinski definition) is 1. The number of hydrogen-bond acceptors (Lipinski definition) is 5. The van der Waals surface area contributed by atoms with Crippen molar-refractivity contribution in [3.63, 3.8) is 0 Å². The van der Waals surface area contributed by atoms with Crippen LogP contribution in [-0.4, -0.2) is 15.0 Å². The van der Waals surface area contributed by atoms with Gasteiger partial charge < -0.3 is 5.32 Å². The van der Waals surface area contributed by atoms with Crippen molar-refractivity contribution in [2.45, 2.75) is 13.5 Å². The molecule has 0 aliphatic carbocycles. The number of nitrogens with zero attached hydrogens (tertiary/aromatic N) is 3. The Morgan fingerprint density at radius 3 is 2.58 bits per heavy atom. The number of nitrogens with one attached hydrogen (secondary N) is 1. The van der Waals surface area contributed by atoms with Crippen molar-refractivity contribution in [2.24, 2.45) is 0 Å². The van der Waals surface area contributed by atoms with Gasteiger partial charge in [0.25, 0.3) is 0 Å². The van der Waals surface area contributed by atoms with Crippen LogP contribution in [0, 0.1) is 6.92 Å². The highest BCUT2D eigenvalue weighted by Gasteiger charge is 2.07. The van der Waals surface area contributed by atoms with E-state index in [1.165, 1.54) is 10.4 Å². The van der Waals surface area contributed by atoms with E-state index in [9.17, 15) is 0 Å². The Hall–Kier alpha value is -3.05. The molecule has 128 valence electrons. The van der Waals surface area contributed by atoms with Gasteiger partial charge in [-0.05, 0) is 30.0 Å². The van der Waals surface area contributed by atoms with E-state index in [-0.39, 0.29) is 0 Å². The Labute approximate surface area is 156 Å². The average Bonchev–Trinajstić information content (AvgIpc) is 3.22. The van der Waals surface area contributed by atoms with Crippen molar-refractivity contribution in [1.82, 2.24) is 15.0 Å². The summed E-state index contributed by atoms with van der Waals surface area (Å²) in [7, 11) is 0. The van der Waals surface area contributed by atoms with Crippen LogP contribution in [0.2, 0.25) is 0 Å². The van der Waals surface area contributed by atoms with Crippen LogP contribution in [0.3, 0.4) is 0 Å². The summed E-state index contributed by atoms with van der Waals surface area (Å²) in [6, 6.07) is 18.5. The van der Waals surface area contributed by atoms with Crippen molar-refractivity contribution in [2.75, 3.05) is 5.32 Å². The largest absolute Gasteiger partial charge is 0.366 e. The van der Waals surface area contributed by atoms with Crippen LogP contribution in [0.25, 0.3) is 21.7 Å². The van der Waals surface area contributed by atoms with Gasteiger partial charge in [0.2, 0.25) is 0 Å². The van der Waals surface area contributed by atoms with Gasteiger partial charge in [0.05, 0.1) is 5.69 Å². The van der Waals surface area contributed by atoms with E-state index in [1.54, 1.807) is 11.3 Å². The molecule has 0 saturated heterocycles. The Balaban J connectivity index is 1.61. The highest BCUT2D eigenvalue weighted by atomic mass is 32.1. The molecule has 5 heteroatoms. The molecule has 4 aromatic rings. The van der Waals surface area contributed by atoms with Crippen LogP contribution in [0.4, 0.5) is 5.82 Å². The fourth-order valence-electron chi connectivity index (χ4n) is 2.75. The molecule has 0 aliphatic rings. The zero-order chi connectivity index (χ0) is 17.8. The summed E-state index contributed by atoms with van der Waals surface area (Å²) in [5.74, 6) is 1.55. The molecular formula is C21H18N4S. The highest BCUT2D eigenvalue weighted by Crippen LogP contribution is 2.28. The lowest BCUT2D eigenvalue weighted by molar-refractivity contribution is 1.03. The molecule has 0 spiro atoms. The Morgan fingerprint density at radius 1 is 0.923 bits per heavy atom. The molecule has 26 heavy (non-hydrogen) atoms. The number of pyridine rings is 1. The van der Waals surface area contributed by atoms with Gasteiger partial charge in [0, 0.05) is 41.0 Å². The maximum absolute atomic E-state index is 4.59. The molecule has 0 fully saturated rings. The molecule has 0 radical (unpaired) electrons. The van der Waals surface area contributed by atoms with Gasteiger partial charge in [-0.25, -0.2) is 9.97 Å². The lowest BCUT2D eigenvalue weighted by Gasteiger charge is -2.09. The van der Waals surface area contributed by atoms with Gasteiger partial charge in [0.1, 0.15) is 11.6 Å². The minimum atomic E-state index is 0.726. The van der Waals surface area contributed by atoms with Gasteiger partial charge in [-0.1, -0.05) is 36.4 Å². The Kier molecular flexibility index (Phi) is 4.71. The minimum absolute atomic E-state index is 0.726. The lowest BCUT2D eigenvalue weighted by atomic mass is 10.1. The van der Waals surface area contributed by atoms with Gasteiger partial charge in [-0.15, -0.1) is 11.3 Å². The number of aromatic nitrogens is 3. The molecule has 3 heterocycles. The lowest BCUT2D eigenvalue weighted by Crippen LogP contribution is -2.04. The number of anilines is 1. The van der Waals surface area contributed by atoms with Crippen molar-refractivity contribution < 1.29 is 0 Å². The summed E-state index contributed by atoms with van der Waals surface area (Å²) in [6.07, 6.45) is 3.73. The summed E-state index contributed by atoms with van der Waals surface area (Å²) >= 11 is 1.71. The first-order valence-corrected chi connectivity index (χ1v) is 9.29. The Morgan fingerprint density at radius 2 is 1.77 bits per heavy atom. The van der Waals surface area contributed by atoms with Crippen LogP contribution in [-0.2, 0) is 6.54 Å². The number of aryl methyl sites for hydroxylation is 1. The SMILES string of the molecule is Cc1nc(NCc2ccccc2)cc(-c2cncc(-c3cccs3)c2)n1. The van der Waals surface area contributed by atoms with E-state index in [4.69, 9.17) is 0 Å². The standard InChI is InChI=1S/C21H18N4S/c1-15-24-19(11-21(25-15)23-12-16-6-3-2-4-7-16)17-10-18(14-22-13-17)20-8-5-9-26-20/h2-11,13-14H,12H2,1H3,(H,23,24,25). The van der Waals surface area contributed by atoms with E-state index in [0.29, 0.717) is 0 Å². The van der Waals surface area contributed by atoms with E-state index >= 15 is 0 Å². The smallest absolute Gasteiger partial charge is 0.130 e. The molecule has 4 rings (SSSR count). The van der Waals surface area contributed by atoms with E-state index in [2.05, 4.69) is 49.9 Å². The number of rotatable bonds is 5. The number of thiophene rings is 1. The van der Waals surface area contributed by atoms with Crippen molar-refractivity contribution in [1.29, 1.82) is 0 Å². The second kappa shape index (κ2) is 7.45. The molecule has 1 N–H and O–H groups in total. The third kappa shape index (κ3) is 3.78. The zero-order valence-electron chi connectivity index (χ0n) is 14.4. The summed E-state index contributed by atoms with van der Waals surface area (Å²) < 4.78 is 0. The fourth-order valence-corrected chi connectivity index (χ4v) is 3.46. The molecule has 0 saturated carbocycles. The molecule has 3 aromatic heterocycles. The first kappa shape index (κ1) is 16.4. The summed E-state index contributed by atoms with van der Waals surface area (Å²) in [5.41, 5.74) is 4.18. The Bertz CT molecular complexity index is 998. The molecule has 0 amide bonds. The second-order valence-corrected chi connectivity index (χ2v) is 6.91. The van der Waals surface area contributed by atoms with E-state index in [0.717, 1.165) is 35.0 Å². The highest BCUT2D eigenvalue weighted by molar-refractivity contribution is 7.13. The van der Waals surface area contributed by atoms with Crippen LogP contribution >= 0.6 is 11.3 Å².